The minimum atomic E-state index is -0.809. The molecule has 0 saturated carbocycles. The molecule has 0 aliphatic carbocycles. The second-order valence-corrected chi connectivity index (χ2v) is 5.49. The number of barbiturate groups is 1. The van der Waals surface area contributed by atoms with Crippen molar-refractivity contribution in [1.29, 1.82) is 0 Å². The van der Waals surface area contributed by atoms with Crippen LogP contribution in [0.1, 0.15) is 6.42 Å². The van der Waals surface area contributed by atoms with Gasteiger partial charge in [0.1, 0.15) is 0 Å². The molecule has 17 heavy (non-hydrogen) atoms. The summed E-state index contributed by atoms with van der Waals surface area (Å²) < 4.78 is 6.03. The van der Waals surface area contributed by atoms with E-state index in [4.69, 9.17) is 4.74 Å². The van der Waals surface area contributed by atoms with E-state index in [1.54, 1.807) is 7.11 Å². The summed E-state index contributed by atoms with van der Waals surface area (Å²) in [6.07, 6.45) is 0.272. The number of ether oxygens (including phenoxy) is 1. The number of nitrogens with one attached hydrogen (secondary N) is 2. The first-order valence-electron chi connectivity index (χ1n) is 4.56. The van der Waals surface area contributed by atoms with Crippen LogP contribution in [0.4, 0.5) is 4.79 Å². The Hall–Kier alpha value is 0.465. The van der Waals surface area contributed by atoms with Crippen molar-refractivity contribution in [2.45, 2.75) is 16.5 Å². The minimum Gasteiger partial charge on any atom is -0.870 e. The second kappa shape index (κ2) is 9.40. The quantitative estimate of drug-likeness (QED) is 0.344. The molecule has 0 aromatic rings. The van der Waals surface area contributed by atoms with E-state index in [-0.39, 0.29) is 41.1 Å². The fraction of sp³-hybridized carbons (Fsp3) is 0.625. The Labute approximate surface area is 137 Å². The first kappa shape index (κ1) is 19.8. The van der Waals surface area contributed by atoms with Crippen molar-refractivity contribution in [3.05, 3.63) is 0 Å². The van der Waals surface area contributed by atoms with Crippen molar-refractivity contribution in [3.8, 4) is 0 Å². The zero-order valence-electron chi connectivity index (χ0n) is 9.86. The van der Waals surface area contributed by atoms with Gasteiger partial charge in [-0.1, -0.05) is 0 Å². The van der Waals surface area contributed by atoms with Gasteiger partial charge in [0.25, 0.3) is 0 Å². The Bertz CT molecular complexity index is 278. The normalized spacial score (nSPS) is 17.5. The summed E-state index contributed by atoms with van der Waals surface area (Å²) in [6, 6.07) is -0.746. The van der Waals surface area contributed by atoms with Crippen molar-refractivity contribution < 1.29 is 80.3 Å². The van der Waals surface area contributed by atoms with Crippen molar-refractivity contribution in [3.63, 3.8) is 0 Å². The van der Waals surface area contributed by atoms with Gasteiger partial charge in [0.05, 0.1) is 0 Å². The first-order chi connectivity index (χ1) is 7.08. The fourth-order valence-corrected chi connectivity index (χ4v) is 3.19. The predicted octanol–water partition coefficient (Wildman–Crippen LogP) is -3.83. The third-order valence-corrected chi connectivity index (χ3v) is 4.76. The number of methoxy groups -OCH3 is 1. The van der Waals surface area contributed by atoms with Crippen LogP contribution in [0.3, 0.4) is 0 Å². The van der Waals surface area contributed by atoms with E-state index >= 15 is 0 Å². The van der Waals surface area contributed by atoms with Gasteiger partial charge in [0.2, 0.25) is 0 Å². The molecule has 1 saturated heterocycles. The van der Waals surface area contributed by atoms with Gasteiger partial charge in [0.15, 0.2) is 0 Å². The zero-order valence-corrected chi connectivity index (χ0v) is 17.4. The summed E-state index contributed by atoms with van der Waals surface area (Å²) >= 11 is 0.554. The minimum absolute atomic E-state index is 0. The van der Waals surface area contributed by atoms with Crippen molar-refractivity contribution in [2.24, 2.45) is 5.92 Å². The molecule has 1 aliphatic rings. The molecule has 1 fully saturated rings. The van der Waals surface area contributed by atoms with Crippen LogP contribution in [0.5, 0.6) is 0 Å². The Morgan fingerprint density at radius 2 is 1.76 bits per heavy atom. The molecular weight excluding hydrogens is 428 g/mol. The molecule has 7 nitrogen and oxygen atoms in total. The van der Waals surface area contributed by atoms with Gasteiger partial charge >= 0.3 is 133 Å². The van der Waals surface area contributed by atoms with E-state index in [9.17, 15) is 14.4 Å². The van der Waals surface area contributed by atoms with Gasteiger partial charge in [0, 0.05) is 0 Å². The van der Waals surface area contributed by atoms with E-state index in [0.717, 1.165) is 3.93 Å². The van der Waals surface area contributed by atoms with Crippen molar-refractivity contribution in [1.82, 2.24) is 10.6 Å². The van der Waals surface area contributed by atoms with Crippen molar-refractivity contribution in [2.75, 3.05) is 7.11 Å². The van der Waals surface area contributed by atoms with Crippen molar-refractivity contribution >= 4 is 17.8 Å². The molecule has 1 rings (SSSR count). The average Bonchev–Trinajstić information content (AvgIpc) is 2.17. The summed E-state index contributed by atoms with van der Waals surface area (Å²) in [5.74, 6) is -1.88. The standard InChI is InChI=1S/C8H11N2O4.Hg.Na.H2O/c1-4(14-2)3-5-6(11)9-8(13)10-7(5)12;;;/h4-5H,1,3H2,2H3,(H2,9,10,11,12,13);;;1H2/q;;+1;/p-1. The van der Waals surface area contributed by atoms with Gasteiger partial charge in [-0.15, -0.1) is 0 Å². The zero-order chi connectivity index (χ0) is 11.4. The molecule has 3 N–H and O–H groups in total. The summed E-state index contributed by atoms with van der Waals surface area (Å²) in [6.45, 7) is 0. The molecule has 1 heterocycles. The molecule has 9 heteroatoms. The number of carbonyl (C=O) groups is 3. The van der Waals surface area contributed by atoms with E-state index in [2.05, 4.69) is 10.6 Å². The van der Waals surface area contributed by atoms with Gasteiger partial charge in [-0.2, -0.15) is 0 Å². The second-order valence-electron chi connectivity index (χ2n) is 3.24. The molecule has 0 aromatic carbocycles. The SMILES string of the molecule is COC([CH2][Hg])CC1C(=O)NC(=O)NC1=O.[Na+].[OH-]. The number of imide groups is 2. The van der Waals surface area contributed by atoms with Crippen LogP contribution < -0.4 is 40.2 Å². The molecule has 0 aromatic heterocycles. The first-order valence-corrected chi connectivity index (χ1v) is 8.45. The van der Waals surface area contributed by atoms with E-state index in [0.29, 0.717) is 32.5 Å². The monoisotopic (exact) mass is 441 g/mol. The summed E-state index contributed by atoms with van der Waals surface area (Å²) in [7, 11) is 1.56. The molecule has 0 radical (unpaired) electrons. The Morgan fingerprint density at radius 1 is 1.29 bits per heavy atom. The topological polar surface area (TPSA) is 114 Å². The van der Waals surface area contributed by atoms with Crippen LogP contribution in [-0.4, -0.2) is 36.5 Å². The molecule has 1 aliphatic heterocycles. The van der Waals surface area contributed by atoms with Gasteiger partial charge in [-0.25, -0.2) is 0 Å². The number of rotatable bonds is 4. The Kier molecular flexibility index (Phi) is 10.9. The van der Waals surface area contributed by atoms with Crippen LogP contribution >= 0.6 is 0 Å². The molecule has 4 amide bonds. The predicted molar refractivity (Wildman–Crippen MR) is 47.3 cm³/mol. The summed E-state index contributed by atoms with van der Waals surface area (Å²) in [5.41, 5.74) is 0. The van der Waals surface area contributed by atoms with Crippen LogP contribution in [-0.2, 0) is 40.4 Å². The van der Waals surface area contributed by atoms with Crippen LogP contribution in [0, 0.1) is 5.92 Å². The number of amides is 4. The van der Waals surface area contributed by atoms with Crippen LogP contribution in [0.15, 0.2) is 0 Å². The average molecular weight is 440 g/mol. The van der Waals surface area contributed by atoms with Gasteiger partial charge in [-0.05, 0) is 0 Å². The molecule has 0 spiro atoms. The number of hydrogen-bond donors (Lipinski definition) is 2. The number of urea groups is 1. The van der Waals surface area contributed by atoms with Gasteiger partial charge in [-0.3, -0.25) is 0 Å². The maximum Gasteiger partial charge on any atom is 1.00 e. The molecular formula is C8H12HgN2NaO5. The number of hydrogen-bond acceptors (Lipinski definition) is 5. The smallest absolute Gasteiger partial charge is 0.870 e. The van der Waals surface area contributed by atoms with Gasteiger partial charge < -0.3 is 5.48 Å². The third kappa shape index (κ3) is 5.76. The molecule has 1 unspecified atom stereocenters. The molecule has 1 atom stereocenters. The summed E-state index contributed by atoms with van der Waals surface area (Å²) in [4.78, 5) is 33.5. The van der Waals surface area contributed by atoms with Crippen LogP contribution in [0.25, 0.3) is 0 Å². The fourth-order valence-electron chi connectivity index (χ4n) is 1.36. The van der Waals surface area contributed by atoms with E-state index in [1.165, 1.54) is 0 Å². The van der Waals surface area contributed by atoms with E-state index in [1.807, 2.05) is 0 Å². The Balaban J connectivity index is 0. The third-order valence-electron chi connectivity index (χ3n) is 2.26. The largest absolute Gasteiger partial charge is 1.00 e. The number of carbonyl (C=O) groups excluding carboxylic acids is 3. The summed E-state index contributed by atoms with van der Waals surface area (Å²) in [5, 5.41) is 4.13. The maximum atomic E-state index is 11.4. The van der Waals surface area contributed by atoms with Crippen LogP contribution in [0.2, 0.25) is 3.93 Å². The maximum absolute atomic E-state index is 11.4. The van der Waals surface area contributed by atoms with E-state index < -0.39 is 23.8 Å². The molecule has 0 bridgehead atoms. The Morgan fingerprint density at radius 3 is 2.12 bits per heavy atom. The molecule has 87 valence electrons.